The summed E-state index contributed by atoms with van der Waals surface area (Å²) in [6.45, 7) is 2.32. The summed E-state index contributed by atoms with van der Waals surface area (Å²) in [5.41, 5.74) is 0. The zero-order valence-electron chi connectivity index (χ0n) is 10.7. The minimum absolute atomic E-state index is 0.544. The van der Waals surface area contributed by atoms with E-state index in [9.17, 15) is 0 Å². The second kappa shape index (κ2) is 6.14. The first-order valence-corrected chi connectivity index (χ1v) is 5.96. The number of amidine groups is 1. The van der Waals surface area contributed by atoms with Gasteiger partial charge in [0.2, 0.25) is 5.75 Å². The molecule has 0 saturated heterocycles. The van der Waals surface area contributed by atoms with Gasteiger partial charge >= 0.3 is 0 Å². The zero-order valence-corrected chi connectivity index (χ0v) is 10.7. The highest BCUT2D eigenvalue weighted by atomic mass is 16.5. The first-order chi connectivity index (χ1) is 8.85. The third-order valence-electron chi connectivity index (χ3n) is 2.71. The number of nitrogens with one attached hydrogen (secondary N) is 1. The Hall–Kier alpha value is -1.91. The molecule has 1 aromatic rings. The van der Waals surface area contributed by atoms with E-state index in [0.717, 1.165) is 25.3 Å². The number of aliphatic imine (C=N–C) groups is 1. The molecule has 0 fully saturated rings. The zero-order chi connectivity index (χ0) is 12.8. The molecule has 1 N–H and O–H groups in total. The van der Waals surface area contributed by atoms with Crippen LogP contribution in [0.2, 0.25) is 0 Å². The molecule has 0 spiro atoms. The Labute approximate surface area is 107 Å². The molecule has 0 aromatic heterocycles. The monoisotopic (exact) mass is 250 g/mol. The molecule has 18 heavy (non-hydrogen) atoms. The van der Waals surface area contributed by atoms with Gasteiger partial charge in [-0.2, -0.15) is 0 Å². The highest BCUT2D eigenvalue weighted by Crippen LogP contribution is 2.36. The Morgan fingerprint density at radius 3 is 2.50 bits per heavy atom. The Morgan fingerprint density at radius 2 is 1.94 bits per heavy atom. The summed E-state index contributed by atoms with van der Waals surface area (Å²) in [4.78, 5) is 4.32. The highest BCUT2D eigenvalue weighted by molar-refractivity contribution is 5.83. The lowest BCUT2D eigenvalue weighted by atomic mass is 10.3. The molecule has 0 radical (unpaired) electrons. The van der Waals surface area contributed by atoms with Crippen LogP contribution >= 0.6 is 0 Å². The SMILES string of the molecule is COc1cccc(OC)c1OCCC1=NCCN1. The molecule has 0 atom stereocenters. The van der Waals surface area contributed by atoms with Crippen molar-refractivity contribution in [2.45, 2.75) is 6.42 Å². The molecular weight excluding hydrogens is 232 g/mol. The van der Waals surface area contributed by atoms with Crippen LogP contribution in [0.15, 0.2) is 23.2 Å². The smallest absolute Gasteiger partial charge is 0.203 e. The number of ether oxygens (including phenoxy) is 3. The van der Waals surface area contributed by atoms with Crippen molar-refractivity contribution >= 4 is 5.84 Å². The van der Waals surface area contributed by atoms with E-state index in [-0.39, 0.29) is 0 Å². The normalized spacial score (nSPS) is 13.8. The predicted octanol–water partition coefficient (Wildman–Crippen LogP) is 1.47. The van der Waals surface area contributed by atoms with Crippen LogP contribution in [-0.4, -0.2) is 39.8 Å². The van der Waals surface area contributed by atoms with Gasteiger partial charge in [-0.25, -0.2) is 0 Å². The molecule has 1 heterocycles. The predicted molar refractivity (Wildman–Crippen MR) is 70.0 cm³/mol. The van der Waals surface area contributed by atoms with Gasteiger partial charge in [-0.3, -0.25) is 4.99 Å². The van der Waals surface area contributed by atoms with Gasteiger partial charge < -0.3 is 19.5 Å². The summed E-state index contributed by atoms with van der Waals surface area (Å²) in [5, 5.41) is 3.21. The van der Waals surface area contributed by atoms with E-state index < -0.39 is 0 Å². The molecule has 5 heteroatoms. The quantitative estimate of drug-likeness (QED) is 0.830. The third-order valence-corrected chi connectivity index (χ3v) is 2.71. The molecule has 0 aliphatic carbocycles. The Morgan fingerprint density at radius 1 is 1.22 bits per heavy atom. The van der Waals surface area contributed by atoms with Gasteiger partial charge in [-0.15, -0.1) is 0 Å². The topological polar surface area (TPSA) is 52.1 Å². The van der Waals surface area contributed by atoms with E-state index in [1.54, 1.807) is 14.2 Å². The molecule has 0 amide bonds. The van der Waals surface area contributed by atoms with E-state index >= 15 is 0 Å². The summed E-state index contributed by atoms with van der Waals surface area (Å²) in [6, 6.07) is 5.57. The molecule has 1 aromatic carbocycles. The van der Waals surface area contributed by atoms with Gasteiger partial charge in [0.25, 0.3) is 0 Å². The Kier molecular flexibility index (Phi) is 4.28. The van der Waals surface area contributed by atoms with Crippen molar-refractivity contribution in [1.29, 1.82) is 0 Å². The second-order valence-corrected chi connectivity index (χ2v) is 3.85. The summed E-state index contributed by atoms with van der Waals surface area (Å²) >= 11 is 0. The number of para-hydroxylation sites is 1. The minimum Gasteiger partial charge on any atom is -0.493 e. The molecule has 0 bridgehead atoms. The van der Waals surface area contributed by atoms with Crippen LogP contribution in [0.3, 0.4) is 0 Å². The maximum atomic E-state index is 5.74. The van der Waals surface area contributed by atoms with E-state index in [2.05, 4.69) is 10.3 Å². The van der Waals surface area contributed by atoms with Crippen molar-refractivity contribution in [3.8, 4) is 17.2 Å². The van der Waals surface area contributed by atoms with Gasteiger partial charge in [0.1, 0.15) is 0 Å². The van der Waals surface area contributed by atoms with Crippen LogP contribution in [0, 0.1) is 0 Å². The van der Waals surface area contributed by atoms with E-state index in [0.29, 0.717) is 23.9 Å². The number of nitrogens with zero attached hydrogens (tertiary/aromatic N) is 1. The van der Waals surface area contributed by atoms with Crippen LogP contribution in [0.5, 0.6) is 17.2 Å². The first-order valence-electron chi connectivity index (χ1n) is 5.96. The van der Waals surface area contributed by atoms with E-state index in [4.69, 9.17) is 14.2 Å². The molecule has 98 valence electrons. The van der Waals surface area contributed by atoms with Gasteiger partial charge in [0.05, 0.1) is 33.2 Å². The standard InChI is InChI=1S/C13H18N2O3/c1-16-10-4-3-5-11(17-2)13(10)18-9-6-12-14-7-8-15-12/h3-5H,6-9H2,1-2H3,(H,14,15). The number of hydrogen-bond donors (Lipinski definition) is 1. The van der Waals surface area contributed by atoms with Gasteiger partial charge in [0, 0.05) is 13.0 Å². The molecule has 0 saturated carbocycles. The van der Waals surface area contributed by atoms with Crippen molar-refractivity contribution in [2.75, 3.05) is 33.9 Å². The van der Waals surface area contributed by atoms with Crippen molar-refractivity contribution < 1.29 is 14.2 Å². The van der Waals surface area contributed by atoms with Crippen molar-refractivity contribution in [2.24, 2.45) is 4.99 Å². The average molecular weight is 250 g/mol. The summed E-state index contributed by atoms with van der Waals surface area (Å²) in [6.07, 6.45) is 0.765. The summed E-state index contributed by atoms with van der Waals surface area (Å²) in [7, 11) is 3.23. The highest BCUT2D eigenvalue weighted by Gasteiger charge is 2.12. The van der Waals surface area contributed by atoms with Crippen LogP contribution in [-0.2, 0) is 0 Å². The summed E-state index contributed by atoms with van der Waals surface area (Å²) < 4.78 is 16.3. The number of methoxy groups -OCH3 is 2. The number of rotatable bonds is 6. The van der Waals surface area contributed by atoms with Crippen LogP contribution in [0.1, 0.15) is 6.42 Å². The van der Waals surface area contributed by atoms with Gasteiger partial charge in [-0.05, 0) is 12.1 Å². The van der Waals surface area contributed by atoms with Crippen molar-refractivity contribution in [3.63, 3.8) is 0 Å². The van der Waals surface area contributed by atoms with Gasteiger partial charge in [0.15, 0.2) is 11.5 Å². The van der Waals surface area contributed by atoms with Crippen molar-refractivity contribution in [3.05, 3.63) is 18.2 Å². The average Bonchev–Trinajstić information content (AvgIpc) is 2.92. The third kappa shape index (κ3) is 2.85. The van der Waals surface area contributed by atoms with Crippen LogP contribution < -0.4 is 19.5 Å². The van der Waals surface area contributed by atoms with Crippen LogP contribution in [0.4, 0.5) is 0 Å². The Bertz CT molecular complexity index is 410. The fourth-order valence-electron chi connectivity index (χ4n) is 1.82. The molecular formula is C13H18N2O3. The molecule has 1 aliphatic heterocycles. The fraction of sp³-hybridized carbons (Fsp3) is 0.462. The maximum absolute atomic E-state index is 5.74. The summed E-state index contributed by atoms with van der Waals surface area (Å²) in [5.74, 6) is 3.00. The minimum atomic E-state index is 0.544. The largest absolute Gasteiger partial charge is 0.493 e. The lowest BCUT2D eigenvalue weighted by Crippen LogP contribution is -2.20. The molecule has 2 rings (SSSR count). The van der Waals surface area contributed by atoms with E-state index in [1.807, 2.05) is 18.2 Å². The van der Waals surface area contributed by atoms with Crippen LogP contribution in [0.25, 0.3) is 0 Å². The second-order valence-electron chi connectivity index (χ2n) is 3.85. The van der Waals surface area contributed by atoms with Crippen molar-refractivity contribution in [1.82, 2.24) is 5.32 Å². The molecule has 1 aliphatic rings. The number of hydrogen-bond acceptors (Lipinski definition) is 5. The van der Waals surface area contributed by atoms with E-state index in [1.165, 1.54) is 0 Å². The lowest BCUT2D eigenvalue weighted by Gasteiger charge is -2.14. The molecule has 0 unspecified atom stereocenters. The number of benzene rings is 1. The molecule has 5 nitrogen and oxygen atoms in total. The van der Waals surface area contributed by atoms with Gasteiger partial charge in [-0.1, -0.05) is 6.07 Å². The lowest BCUT2D eigenvalue weighted by molar-refractivity contribution is 0.281. The maximum Gasteiger partial charge on any atom is 0.203 e. The first kappa shape index (κ1) is 12.5. The Balaban J connectivity index is 1.98. The fourth-order valence-corrected chi connectivity index (χ4v) is 1.82.